The van der Waals surface area contributed by atoms with E-state index in [-0.39, 0.29) is 23.5 Å². The van der Waals surface area contributed by atoms with E-state index in [0.717, 1.165) is 12.8 Å². The Hall–Kier alpha value is -1.56. The summed E-state index contributed by atoms with van der Waals surface area (Å²) >= 11 is 0. The molecule has 6 heteroatoms. The molecule has 1 aliphatic rings. The number of nitrogens with two attached hydrogens (primary N) is 1. The molecule has 116 valence electrons. The van der Waals surface area contributed by atoms with Gasteiger partial charge in [0.1, 0.15) is 0 Å². The van der Waals surface area contributed by atoms with Crippen molar-refractivity contribution in [1.82, 2.24) is 4.90 Å². The fourth-order valence-electron chi connectivity index (χ4n) is 2.64. The number of carbonyl (C=O) groups excluding carboxylic acids is 1. The molecule has 0 spiro atoms. The highest BCUT2D eigenvalue weighted by Crippen LogP contribution is 2.21. The zero-order valence-electron chi connectivity index (χ0n) is 12.3. The smallest absolute Gasteiger partial charge is 0.254 e. The van der Waals surface area contributed by atoms with Gasteiger partial charge in [-0.3, -0.25) is 4.79 Å². The number of unbranched alkanes of at least 4 members (excludes halogenated alkanes) is 1. The summed E-state index contributed by atoms with van der Waals surface area (Å²) in [6, 6.07) is 6.63. The second kappa shape index (κ2) is 6.47. The normalized spacial score (nSPS) is 20.3. The Morgan fingerprint density at radius 2 is 2.19 bits per heavy atom. The van der Waals surface area contributed by atoms with Crippen molar-refractivity contribution in [2.75, 3.05) is 23.8 Å². The molecule has 0 saturated carbocycles. The summed E-state index contributed by atoms with van der Waals surface area (Å²) in [4.78, 5) is 14.4. The van der Waals surface area contributed by atoms with Crippen LogP contribution in [0.1, 0.15) is 36.5 Å². The number of benzene rings is 1. The largest absolute Gasteiger partial charge is 0.399 e. The van der Waals surface area contributed by atoms with Gasteiger partial charge in [-0.25, -0.2) is 8.42 Å². The second-order valence-electron chi connectivity index (χ2n) is 5.53. The van der Waals surface area contributed by atoms with Crippen molar-refractivity contribution in [3.8, 4) is 0 Å². The molecule has 1 atom stereocenters. The predicted molar refractivity (Wildman–Crippen MR) is 83.9 cm³/mol. The zero-order valence-corrected chi connectivity index (χ0v) is 13.1. The molecule has 0 bridgehead atoms. The van der Waals surface area contributed by atoms with Gasteiger partial charge in [-0.1, -0.05) is 19.4 Å². The lowest BCUT2D eigenvalue weighted by molar-refractivity contribution is 0.0694. The molecule has 0 aromatic heterocycles. The lowest BCUT2D eigenvalue weighted by Gasteiger charge is -2.28. The van der Waals surface area contributed by atoms with Gasteiger partial charge >= 0.3 is 0 Å². The highest BCUT2D eigenvalue weighted by molar-refractivity contribution is 7.91. The maximum Gasteiger partial charge on any atom is 0.254 e. The Morgan fingerprint density at radius 1 is 1.43 bits per heavy atom. The van der Waals surface area contributed by atoms with Crippen LogP contribution in [0.25, 0.3) is 0 Å². The van der Waals surface area contributed by atoms with E-state index in [2.05, 4.69) is 6.92 Å². The van der Waals surface area contributed by atoms with Crippen LogP contribution in [-0.2, 0) is 9.84 Å². The van der Waals surface area contributed by atoms with Gasteiger partial charge in [0.25, 0.3) is 5.91 Å². The summed E-state index contributed by atoms with van der Waals surface area (Å²) in [5.41, 5.74) is 6.79. The van der Waals surface area contributed by atoms with E-state index in [1.807, 2.05) is 0 Å². The van der Waals surface area contributed by atoms with Crippen LogP contribution < -0.4 is 5.73 Å². The van der Waals surface area contributed by atoms with Crippen LogP contribution >= 0.6 is 0 Å². The molecule has 1 aromatic carbocycles. The topological polar surface area (TPSA) is 80.5 Å². The highest BCUT2D eigenvalue weighted by Gasteiger charge is 2.34. The first-order chi connectivity index (χ1) is 9.93. The molecule has 1 heterocycles. The van der Waals surface area contributed by atoms with Crippen molar-refractivity contribution in [3.05, 3.63) is 29.8 Å². The molecule has 2 rings (SSSR count). The lowest BCUT2D eigenvalue weighted by atomic mass is 10.1. The van der Waals surface area contributed by atoms with Gasteiger partial charge in [0.05, 0.1) is 11.5 Å². The van der Waals surface area contributed by atoms with Crippen LogP contribution in [0.2, 0.25) is 0 Å². The van der Waals surface area contributed by atoms with E-state index < -0.39 is 9.84 Å². The number of nitrogen functional groups attached to an aromatic ring is 1. The third-order valence-corrected chi connectivity index (χ3v) is 5.55. The average molecular weight is 310 g/mol. The molecule has 5 nitrogen and oxygen atoms in total. The lowest BCUT2D eigenvalue weighted by Crippen LogP contribution is -2.41. The number of hydrogen-bond donors (Lipinski definition) is 1. The van der Waals surface area contributed by atoms with Gasteiger partial charge in [0.2, 0.25) is 0 Å². The molecule has 1 saturated heterocycles. The third-order valence-electron chi connectivity index (χ3n) is 3.80. The Kier molecular flexibility index (Phi) is 4.88. The molecule has 1 aromatic rings. The summed E-state index contributed by atoms with van der Waals surface area (Å²) < 4.78 is 23.3. The number of nitrogens with zero attached hydrogens (tertiary/aromatic N) is 1. The van der Waals surface area contributed by atoms with Crippen molar-refractivity contribution in [2.24, 2.45) is 0 Å². The van der Waals surface area contributed by atoms with E-state index in [0.29, 0.717) is 24.2 Å². The Labute approximate surface area is 126 Å². The molecule has 1 unspecified atom stereocenters. The van der Waals surface area contributed by atoms with Crippen molar-refractivity contribution < 1.29 is 13.2 Å². The molecule has 1 aliphatic heterocycles. The number of sulfone groups is 1. The molecule has 1 fully saturated rings. The summed E-state index contributed by atoms with van der Waals surface area (Å²) in [5.74, 6) is 0.118. The van der Waals surface area contributed by atoms with Crippen LogP contribution in [0.3, 0.4) is 0 Å². The fourth-order valence-corrected chi connectivity index (χ4v) is 4.37. The van der Waals surface area contributed by atoms with E-state index in [1.54, 1.807) is 29.2 Å². The molecular formula is C15H22N2O3S. The standard InChI is InChI=1S/C15H22N2O3S/c1-2-3-8-17(14-7-9-21(19,20)11-14)15(18)12-5-4-6-13(16)10-12/h4-6,10,14H,2-3,7-9,11,16H2,1H3. The van der Waals surface area contributed by atoms with E-state index in [9.17, 15) is 13.2 Å². The van der Waals surface area contributed by atoms with Crippen molar-refractivity contribution in [1.29, 1.82) is 0 Å². The van der Waals surface area contributed by atoms with Gasteiger partial charge < -0.3 is 10.6 Å². The molecule has 2 N–H and O–H groups in total. The van der Waals surface area contributed by atoms with Gasteiger partial charge in [-0.2, -0.15) is 0 Å². The first-order valence-corrected chi connectivity index (χ1v) is 9.12. The first kappa shape index (κ1) is 15.8. The Morgan fingerprint density at radius 3 is 2.76 bits per heavy atom. The Balaban J connectivity index is 2.21. The number of carbonyl (C=O) groups is 1. The summed E-state index contributed by atoms with van der Waals surface area (Å²) in [5, 5.41) is 0. The third kappa shape index (κ3) is 3.97. The summed E-state index contributed by atoms with van der Waals surface area (Å²) in [6.45, 7) is 2.64. The quantitative estimate of drug-likeness (QED) is 0.839. The first-order valence-electron chi connectivity index (χ1n) is 7.30. The SMILES string of the molecule is CCCCN(C(=O)c1cccc(N)c1)C1CCS(=O)(=O)C1. The van der Waals surface area contributed by atoms with E-state index in [4.69, 9.17) is 5.73 Å². The van der Waals surface area contributed by atoms with Crippen LogP contribution in [0.15, 0.2) is 24.3 Å². The van der Waals surface area contributed by atoms with Crippen LogP contribution in [0.5, 0.6) is 0 Å². The summed E-state index contributed by atoms with van der Waals surface area (Å²) in [7, 11) is -3.01. The minimum atomic E-state index is -3.01. The number of hydrogen-bond acceptors (Lipinski definition) is 4. The number of rotatable bonds is 5. The van der Waals surface area contributed by atoms with Crippen LogP contribution in [0.4, 0.5) is 5.69 Å². The number of anilines is 1. The maximum absolute atomic E-state index is 12.7. The van der Waals surface area contributed by atoms with Crippen LogP contribution in [-0.4, -0.2) is 43.3 Å². The van der Waals surface area contributed by atoms with Gasteiger partial charge in [0.15, 0.2) is 9.84 Å². The fraction of sp³-hybridized carbons (Fsp3) is 0.533. The van der Waals surface area contributed by atoms with E-state index >= 15 is 0 Å². The average Bonchev–Trinajstić information content (AvgIpc) is 2.79. The molecule has 21 heavy (non-hydrogen) atoms. The molecule has 0 radical (unpaired) electrons. The van der Waals surface area contributed by atoms with Crippen molar-refractivity contribution in [3.63, 3.8) is 0 Å². The molecular weight excluding hydrogens is 288 g/mol. The van der Waals surface area contributed by atoms with Crippen LogP contribution in [0, 0.1) is 0 Å². The van der Waals surface area contributed by atoms with Gasteiger partial charge in [-0.15, -0.1) is 0 Å². The van der Waals surface area contributed by atoms with Crippen molar-refractivity contribution >= 4 is 21.4 Å². The monoisotopic (exact) mass is 310 g/mol. The summed E-state index contributed by atoms with van der Waals surface area (Å²) in [6.07, 6.45) is 2.35. The van der Waals surface area contributed by atoms with Gasteiger partial charge in [0, 0.05) is 23.8 Å². The molecule has 0 aliphatic carbocycles. The van der Waals surface area contributed by atoms with E-state index in [1.165, 1.54) is 0 Å². The van der Waals surface area contributed by atoms with Gasteiger partial charge in [-0.05, 0) is 31.0 Å². The minimum Gasteiger partial charge on any atom is -0.399 e. The highest BCUT2D eigenvalue weighted by atomic mass is 32.2. The predicted octanol–water partition coefficient (Wildman–Crippen LogP) is 1.70. The number of amides is 1. The maximum atomic E-state index is 12.7. The Bertz CT molecular complexity index is 613. The second-order valence-corrected chi connectivity index (χ2v) is 7.76. The zero-order chi connectivity index (χ0) is 15.5. The minimum absolute atomic E-state index is 0.0742. The molecule has 1 amide bonds. The van der Waals surface area contributed by atoms with Crippen molar-refractivity contribution in [2.45, 2.75) is 32.2 Å².